The first-order valence-electron chi connectivity index (χ1n) is 5.56. The Morgan fingerprint density at radius 1 is 1.47 bits per heavy atom. The van der Waals surface area contributed by atoms with Crippen molar-refractivity contribution in [3.8, 4) is 5.75 Å². The van der Waals surface area contributed by atoms with Gasteiger partial charge in [-0.05, 0) is 12.1 Å². The number of nitrogens with one attached hydrogen (secondary N) is 2. The van der Waals surface area contributed by atoms with Gasteiger partial charge in [0.2, 0.25) is 11.8 Å². The van der Waals surface area contributed by atoms with E-state index in [4.69, 9.17) is 4.74 Å². The van der Waals surface area contributed by atoms with Gasteiger partial charge in [0.1, 0.15) is 17.6 Å². The molecule has 1 aliphatic heterocycles. The van der Waals surface area contributed by atoms with Crippen molar-refractivity contribution in [3.05, 3.63) is 30.1 Å². The van der Waals surface area contributed by atoms with Crippen LogP contribution < -0.4 is 15.4 Å². The zero-order valence-corrected chi connectivity index (χ0v) is 9.81. The number of carbonyl (C=O) groups excluding carboxylic acids is 3. The summed E-state index contributed by atoms with van der Waals surface area (Å²) in [6.45, 7) is -0.360. The number of hydrogen-bond acceptors (Lipinski definition) is 4. The van der Waals surface area contributed by atoms with Gasteiger partial charge in [-0.25, -0.2) is 4.39 Å². The Morgan fingerprint density at radius 2 is 2.26 bits per heavy atom. The maximum atomic E-state index is 12.8. The first-order valence-corrected chi connectivity index (χ1v) is 5.56. The van der Waals surface area contributed by atoms with Crippen molar-refractivity contribution >= 4 is 17.7 Å². The van der Waals surface area contributed by atoms with Gasteiger partial charge in [-0.3, -0.25) is 19.7 Å². The Kier molecular flexibility index (Phi) is 3.74. The molecule has 1 aromatic rings. The molecule has 7 heteroatoms. The van der Waals surface area contributed by atoms with Crippen molar-refractivity contribution in [3.63, 3.8) is 0 Å². The molecule has 1 fully saturated rings. The van der Waals surface area contributed by atoms with Crippen LogP contribution in [0.1, 0.15) is 6.42 Å². The zero-order chi connectivity index (χ0) is 13.8. The van der Waals surface area contributed by atoms with Crippen LogP contribution >= 0.6 is 0 Å². The van der Waals surface area contributed by atoms with Crippen LogP contribution in [0.25, 0.3) is 0 Å². The summed E-state index contributed by atoms with van der Waals surface area (Å²) in [5, 5.41) is 4.42. The average Bonchev–Trinajstić information content (AvgIpc) is 2.65. The van der Waals surface area contributed by atoms with Crippen LogP contribution in [0, 0.1) is 5.82 Å². The Hall–Kier alpha value is -2.44. The largest absolute Gasteiger partial charge is 0.484 e. The van der Waals surface area contributed by atoms with Crippen LogP contribution in [-0.4, -0.2) is 30.4 Å². The average molecular weight is 266 g/mol. The van der Waals surface area contributed by atoms with Crippen molar-refractivity contribution in [2.75, 3.05) is 6.61 Å². The third kappa shape index (κ3) is 3.51. The van der Waals surface area contributed by atoms with E-state index in [0.29, 0.717) is 0 Å². The topological polar surface area (TPSA) is 84.5 Å². The lowest BCUT2D eigenvalue weighted by Gasteiger charge is -2.10. The van der Waals surface area contributed by atoms with Crippen LogP contribution in [0.3, 0.4) is 0 Å². The van der Waals surface area contributed by atoms with E-state index in [0.717, 1.165) is 6.07 Å². The van der Waals surface area contributed by atoms with Gasteiger partial charge in [-0.15, -0.1) is 0 Å². The van der Waals surface area contributed by atoms with Crippen molar-refractivity contribution in [2.24, 2.45) is 0 Å². The second-order valence-electron chi connectivity index (χ2n) is 3.98. The molecular weight excluding hydrogens is 255 g/mol. The molecule has 1 aromatic carbocycles. The number of hydrogen-bond donors (Lipinski definition) is 2. The lowest BCUT2D eigenvalue weighted by atomic mass is 10.2. The molecule has 6 nitrogen and oxygen atoms in total. The third-order valence-electron chi connectivity index (χ3n) is 2.47. The predicted octanol–water partition coefficient (Wildman–Crippen LogP) is -0.264. The van der Waals surface area contributed by atoms with Gasteiger partial charge in [0, 0.05) is 6.07 Å². The van der Waals surface area contributed by atoms with Gasteiger partial charge in [0.05, 0.1) is 6.42 Å². The molecule has 0 radical (unpaired) electrons. The van der Waals surface area contributed by atoms with Crippen LogP contribution in [-0.2, 0) is 14.4 Å². The van der Waals surface area contributed by atoms with E-state index in [2.05, 4.69) is 10.6 Å². The van der Waals surface area contributed by atoms with Crippen LogP contribution in [0.5, 0.6) is 5.75 Å². The summed E-state index contributed by atoms with van der Waals surface area (Å²) in [6.07, 6.45) is -0.0788. The fourth-order valence-electron chi connectivity index (χ4n) is 1.61. The molecular formula is C12H11FN2O4. The summed E-state index contributed by atoms with van der Waals surface area (Å²) in [5.41, 5.74) is 0. The van der Waals surface area contributed by atoms with E-state index in [1.165, 1.54) is 18.2 Å². The van der Waals surface area contributed by atoms with Crippen molar-refractivity contribution in [1.29, 1.82) is 0 Å². The molecule has 100 valence electrons. The maximum Gasteiger partial charge on any atom is 0.258 e. The highest BCUT2D eigenvalue weighted by Crippen LogP contribution is 2.11. The molecule has 2 N–H and O–H groups in total. The minimum Gasteiger partial charge on any atom is -0.484 e. The Morgan fingerprint density at radius 3 is 2.89 bits per heavy atom. The predicted molar refractivity (Wildman–Crippen MR) is 61.6 cm³/mol. The van der Waals surface area contributed by atoms with E-state index in [1.54, 1.807) is 0 Å². The number of benzene rings is 1. The highest BCUT2D eigenvalue weighted by molar-refractivity contribution is 6.06. The summed E-state index contributed by atoms with van der Waals surface area (Å²) < 4.78 is 17.9. The fourth-order valence-corrected chi connectivity index (χ4v) is 1.61. The smallest absolute Gasteiger partial charge is 0.258 e. The van der Waals surface area contributed by atoms with Gasteiger partial charge in [0.15, 0.2) is 6.61 Å². The van der Waals surface area contributed by atoms with E-state index in [-0.39, 0.29) is 18.8 Å². The van der Waals surface area contributed by atoms with Gasteiger partial charge in [0.25, 0.3) is 5.91 Å². The molecule has 1 aliphatic rings. The summed E-state index contributed by atoms with van der Waals surface area (Å²) in [4.78, 5) is 33.6. The molecule has 1 saturated heterocycles. The molecule has 0 saturated carbocycles. The number of rotatable bonds is 4. The van der Waals surface area contributed by atoms with E-state index in [1.807, 2.05) is 0 Å². The zero-order valence-electron chi connectivity index (χ0n) is 9.81. The van der Waals surface area contributed by atoms with Gasteiger partial charge < -0.3 is 10.1 Å². The van der Waals surface area contributed by atoms with Gasteiger partial charge in [-0.2, -0.15) is 0 Å². The second-order valence-corrected chi connectivity index (χ2v) is 3.98. The first kappa shape index (κ1) is 13.0. The van der Waals surface area contributed by atoms with E-state index < -0.39 is 29.6 Å². The van der Waals surface area contributed by atoms with Crippen LogP contribution in [0.2, 0.25) is 0 Å². The van der Waals surface area contributed by atoms with Crippen LogP contribution in [0.15, 0.2) is 24.3 Å². The highest BCUT2D eigenvalue weighted by atomic mass is 19.1. The molecule has 1 unspecified atom stereocenters. The number of imide groups is 1. The van der Waals surface area contributed by atoms with Crippen molar-refractivity contribution < 1.29 is 23.5 Å². The Labute approximate surface area is 107 Å². The number of amides is 3. The Bertz CT molecular complexity index is 532. The molecule has 19 heavy (non-hydrogen) atoms. The maximum absolute atomic E-state index is 12.8. The number of halogens is 1. The summed E-state index contributed by atoms with van der Waals surface area (Å²) in [6, 6.07) is 4.48. The number of carbonyl (C=O) groups is 3. The quantitative estimate of drug-likeness (QED) is 0.735. The summed E-state index contributed by atoms with van der Waals surface area (Å²) >= 11 is 0. The molecule has 1 atom stereocenters. The monoisotopic (exact) mass is 266 g/mol. The van der Waals surface area contributed by atoms with E-state index in [9.17, 15) is 18.8 Å². The molecule has 3 amide bonds. The highest BCUT2D eigenvalue weighted by Gasteiger charge is 2.31. The normalized spacial score (nSPS) is 18.1. The lowest BCUT2D eigenvalue weighted by molar-refractivity contribution is -0.129. The fraction of sp³-hybridized carbons (Fsp3) is 0.250. The minimum absolute atomic E-state index is 0.0788. The Balaban J connectivity index is 1.82. The lowest BCUT2D eigenvalue weighted by Crippen LogP contribution is -2.42. The van der Waals surface area contributed by atoms with Crippen molar-refractivity contribution in [2.45, 2.75) is 12.5 Å². The minimum atomic E-state index is -0.865. The SMILES string of the molecule is O=C1CC(NC(=O)COc2cccc(F)c2)C(=O)N1. The summed E-state index contributed by atoms with van der Waals surface area (Å²) in [7, 11) is 0. The molecule has 1 heterocycles. The van der Waals surface area contributed by atoms with Gasteiger partial charge >= 0.3 is 0 Å². The molecule has 0 aliphatic carbocycles. The number of ether oxygens (including phenoxy) is 1. The van der Waals surface area contributed by atoms with Crippen LogP contribution in [0.4, 0.5) is 4.39 Å². The van der Waals surface area contributed by atoms with E-state index >= 15 is 0 Å². The molecule has 0 spiro atoms. The summed E-state index contributed by atoms with van der Waals surface area (Å²) in [5.74, 6) is -1.79. The standard InChI is InChI=1S/C12H11FN2O4/c13-7-2-1-3-8(4-7)19-6-11(17)14-9-5-10(16)15-12(9)18/h1-4,9H,5-6H2,(H,14,17)(H,15,16,18). The van der Waals surface area contributed by atoms with Crippen molar-refractivity contribution in [1.82, 2.24) is 10.6 Å². The second kappa shape index (κ2) is 5.47. The molecule has 0 bridgehead atoms. The molecule has 2 rings (SSSR count). The first-order chi connectivity index (χ1) is 9.04. The molecule has 0 aromatic heterocycles. The third-order valence-corrected chi connectivity index (χ3v) is 2.47. The van der Waals surface area contributed by atoms with Gasteiger partial charge in [-0.1, -0.05) is 6.07 Å².